The molecule has 108 valence electrons. The third-order valence-electron chi connectivity index (χ3n) is 3.93. The molecular formula is C16H10N2O4. The Balaban J connectivity index is 1.83. The first kappa shape index (κ1) is 12.7. The van der Waals surface area contributed by atoms with Crippen molar-refractivity contribution in [3.05, 3.63) is 58.7 Å². The summed E-state index contributed by atoms with van der Waals surface area (Å²) >= 11 is 0. The molecule has 0 saturated heterocycles. The van der Waals surface area contributed by atoms with Crippen molar-refractivity contribution in [2.75, 3.05) is 0 Å². The van der Waals surface area contributed by atoms with E-state index in [9.17, 15) is 19.5 Å². The monoisotopic (exact) mass is 294 g/mol. The molecule has 0 saturated carbocycles. The molecule has 2 aliphatic rings. The summed E-state index contributed by atoms with van der Waals surface area (Å²) in [5.41, 5.74) is 3.07. The lowest BCUT2D eigenvalue weighted by Crippen LogP contribution is -2.19. The number of fused-ring (bicyclic) bond motifs is 2. The van der Waals surface area contributed by atoms with Crippen molar-refractivity contribution < 1.29 is 19.5 Å². The highest BCUT2D eigenvalue weighted by Gasteiger charge is 2.29. The Bertz CT molecular complexity index is 872. The van der Waals surface area contributed by atoms with Crippen LogP contribution in [0.4, 0.5) is 0 Å². The summed E-state index contributed by atoms with van der Waals surface area (Å²) in [6.07, 6.45) is -0.986. The molecule has 3 amide bonds. The predicted octanol–water partition coefficient (Wildman–Crippen LogP) is 0.972. The second kappa shape index (κ2) is 4.25. The van der Waals surface area contributed by atoms with Gasteiger partial charge in [-0.25, -0.2) is 0 Å². The molecule has 0 radical (unpaired) electrons. The first-order chi connectivity index (χ1) is 10.5. The number of amides is 3. The van der Waals surface area contributed by atoms with E-state index in [1.807, 2.05) is 0 Å². The van der Waals surface area contributed by atoms with Gasteiger partial charge in [0.05, 0.1) is 11.1 Å². The molecule has 22 heavy (non-hydrogen) atoms. The summed E-state index contributed by atoms with van der Waals surface area (Å²) in [5.74, 6) is -1.15. The van der Waals surface area contributed by atoms with E-state index in [1.165, 1.54) is 0 Å². The average molecular weight is 294 g/mol. The third kappa shape index (κ3) is 1.68. The van der Waals surface area contributed by atoms with Crippen LogP contribution >= 0.6 is 0 Å². The molecule has 0 bridgehead atoms. The molecule has 2 aromatic rings. The molecule has 4 rings (SSSR count). The van der Waals surface area contributed by atoms with Gasteiger partial charge in [0.25, 0.3) is 17.7 Å². The molecule has 2 aliphatic heterocycles. The Labute approximate surface area is 124 Å². The van der Waals surface area contributed by atoms with Crippen LogP contribution in [0.15, 0.2) is 36.4 Å². The summed E-state index contributed by atoms with van der Waals surface area (Å²) in [7, 11) is 0. The number of hydrogen-bond acceptors (Lipinski definition) is 4. The average Bonchev–Trinajstić information content (AvgIpc) is 2.96. The number of carbonyl (C=O) groups is 3. The molecule has 1 unspecified atom stereocenters. The fourth-order valence-corrected chi connectivity index (χ4v) is 2.80. The molecule has 0 fully saturated rings. The van der Waals surface area contributed by atoms with E-state index in [0.717, 1.165) is 11.1 Å². The maximum Gasteiger partial charge on any atom is 0.258 e. The van der Waals surface area contributed by atoms with Crippen molar-refractivity contribution >= 4 is 17.7 Å². The van der Waals surface area contributed by atoms with E-state index in [0.29, 0.717) is 22.3 Å². The van der Waals surface area contributed by atoms with Crippen LogP contribution in [0.3, 0.4) is 0 Å². The van der Waals surface area contributed by atoms with E-state index in [2.05, 4.69) is 10.6 Å². The van der Waals surface area contributed by atoms with Gasteiger partial charge in [0, 0.05) is 11.1 Å². The Morgan fingerprint density at radius 3 is 2.18 bits per heavy atom. The van der Waals surface area contributed by atoms with Gasteiger partial charge in [-0.15, -0.1) is 0 Å². The number of aliphatic hydroxyl groups excluding tert-OH is 1. The largest absolute Gasteiger partial charge is 0.369 e. The van der Waals surface area contributed by atoms with Gasteiger partial charge in [0.1, 0.15) is 0 Å². The molecule has 6 nitrogen and oxygen atoms in total. The number of benzene rings is 2. The summed E-state index contributed by atoms with van der Waals surface area (Å²) in [4.78, 5) is 35.0. The third-order valence-corrected chi connectivity index (χ3v) is 3.93. The molecule has 1 atom stereocenters. The topological polar surface area (TPSA) is 95.5 Å². The van der Waals surface area contributed by atoms with Gasteiger partial charge < -0.3 is 10.4 Å². The van der Waals surface area contributed by atoms with Crippen molar-refractivity contribution in [3.8, 4) is 11.1 Å². The van der Waals surface area contributed by atoms with E-state index in [-0.39, 0.29) is 5.91 Å². The lowest BCUT2D eigenvalue weighted by atomic mass is 9.97. The zero-order chi connectivity index (χ0) is 15.4. The molecule has 2 heterocycles. The van der Waals surface area contributed by atoms with Crippen LogP contribution in [-0.2, 0) is 0 Å². The highest BCUT2D eigenvalue weighted by molar-refractivity contribution is 6.21. The molecule has 3 N–H and O–H groups in total. The Kier molecular flexibility index (Phi) is 2.46. The lowest BCUT2D eigenvalue weighted by molar-refractivity contribution is 0.0845. The van der Waals surface area contributed by atoms with Crippen LogP contribution in [0.5, 0.6) is 0 Å². The highest BCUT2D eigenvalue weighted by atomic mass is 16.3. The summed E-state index contributed by atoms with van der Waals surface area (Å²) in [6, 6.07) is 10.0. The van der Waals surface area contributed by atoms with Crippen LogP contribution in [-0.4, -0.2) is 22.8 Å². The Hall–Kier alpha value is -2.99. The van der Waals surface area contributed by atoms with Crippen molar-refractivity contribution in [2.45, 2.75) is 6.23 Å². The SMILES string of the molecule is O=C1NC(=O)c2cc(-c3ccc4c(c3)C(=O)NC4O)ccc21. The van der Waals surface area contributed by atoms with Crippen LogP contribution in [0.1, 0.15) is 42.9 Å². The zero-order valence-electron chi connectivity index (χ0n) is 11.2. The summed E-state index contributed by atoms with van der Waals surface area (Å²) in [6.45, 7) is 0. The minimum atomic E-state index is -0.986. The second-order valence-electron chi connectivity index (χ2n) is 5.22. The normalized spacial score (nSPS) is 18.8. The van der Waals surface area contributed by atoms with Gasteiger partial charge in [0.15, 0.2) is 6.23 Å². The van der Waals surface area contributed by atoms with Crippen molar-refractivity contribution in [1.29, 1.82) is 0 Å². The van der Waals surface area contributed by atoms with Gasteiger partial charge in [-0.3, -0.25) is 19.7 Å². The van der Waals surface area contributed by atoms with Crippen molar-refractivity contribution in [2.24, 2.45) is 0 Å². The van der Waals surface area contributed by atoms with Gasteiger partial charge in [-0.2, -0.15) is 0 Å². The number of nitrogens with one attached hydrogen (secondary N) is 2. The van der Waals surface area contributed by atoms with E-state index < -0.39 is 18.0 Å². The minimum Gasteiger partial charge on any atom is -0.369 e. The maximum atomic E-state index is 11.8. The standard InChI is InChI=1S/C16H10N2O4/c19-13-9-3-1-7(5-11(9)15(21)17-13)8-2-4-10-12(6-8)16(22)18-14(10)20/h1-6,13,19H,(H,17,21)(H,18,20,22). The van der Waals surface area contributed by atoms with Gasteiger partial charge in [0.2, 0.25) is 0 Å². The first-order valence-corrected chi connectivity index (χ1v) is 6.67. The second-order valence-corrected chi connectivity index (χ2v) is 5.22. The van der Waals surface area contributed by atoms with Crippen LogP contribution in [0.25, 0.3) is 11.1 Å². The predicted molar refractivity (Wildman–Crippen MR) is 76.1 cm³/mol. The maximum absolute atomic E-state index is 11.8. The van der Waals surface area contributed by atoms with Gasteiger partial charge in [-0.1, -0.05) is 18.2 Å². The van der Waals surface area contributed by atoms with E-state index in [4.69, 9.17) is 0 Å². The zero-order valence-corrected chi connectivity index (χ0v) is 11.2. The molecular weight excluding hydrogens is 284 g/mol. The number of hydrogen-bond donors (Lipinski definition) is 3. The molecule has 0 spiro atoms. The fraction of sp³-hybridized carbons (Fsp3) is 0.0625. The lowest BCUT2D eigenvalue weighted by Gasteiger charge is -2.06. The Morgan fingerprint density at radius 1 is 0.773 bits per heavy atom. The first-order valence-electron chi connectivity index (χ1n) is 6.67. The van der Waals surface area contributed by atoms with Gasteiger partial charge in [-0.05, 0) is 29.3 Å². The molecule has 0 aliphatic carbocycles. The molecule has 6 heteroatoms. The molecule has 2 aromatic carbocycles. The number of carbonyl (C=O) groups excluding carboxylic acids is 3. The summed E-state index contributed by atoms with van der Waals surface area (Å²) in [5, 5.41) is 14.3. The molecule has 0 aromatic heterocycles. The minimum absolute atomic E-state index is 0.326. The van der Waals surface area contributed by atoms with E-state index in [1.54, 1.807) is 36.4 Å². The smallest absolute Gasteiger partial charge is 0.258 e. The quantitative estimate of drug-likeness (QED) is 0.683. The van der Waals surface area contributed by atoms with Crippen molar-refractivity contribution in [1.82, 2.24) is 10.6 Å². The van der Waals surface area contributed by atoms with Crippen LogP contribution in [0.2, 0.25) is 0 Å². The van der Waals surface area contributed by atoms with Crippen LogP contribution < -0.4 is 10.6 Å². The highest BCUT2D eigenvalue weighted by Crippen LogP contribution is 2.30. The van der Waals surface area contributed by atoms with Crippen LogP contribution in [0, 0.1) is 0 Å². The number of rotatable bonds is 1. The van der Waals surface area contributed by atoms with E-state index >= 15 is 0 Å². The van der Waals surface area contributed by atoms with Gasteiger partial charge >= 0.3 is 0 Å². The number of aliphatic hydroxyl groups is 1. The summed E-state index contributed by atoms with van der Waals surface area (Å²) < 4.78 is 0. The fourth-order valence-electron chi connectivity index (χ4n) is 2.80. The number of imide groups is 1. The van der Waals surface area contributed by atoms with Crippen molar-refractivity contribution in [3.63, 3.8) is 0 Å². The Morgan fingerprint density at radius 2 is 1.41 bits per heavy atom.